The third-order valence-electron chi connectivity index (χ3n) is 4.83. The Morgan fingerprint density at radius 2 is 1.96 bits per heavy atom. The van der Waals surface area contributed by atoms with Crippen LogP contribution in [0.2, 0.25) is 0 Å². The lowest BCUT2D eigenvalue weighted by atomic mass is 9.97. The number of hydrogen-bond acceptors (Lipinski definition) is 7. The highest BCUT2D eigenvalue weighted by Gasteiger charge is 2.20. The summed E-state index contributed by atoms with van der Waals surface area (Å²) in [6.45, 7) is 2.57. The Morgan fingerprint density at radius 1 is 1.18 bits per heavy atom. The number of esters is 1. The van der Waals surface area contributed by atoms with Crippen molar-refractivity contribution in [2.75, 3.05) is 12.3 Å². The van der Waals surface area contributed by atoms with Crippen LogP contribution in [0.4, 0.5) is 5.82 Å². The van der Waals surface area contributed by atoms with Gasteiger partial charge in [-0.2, -0.15) is 0 Å². The highest BCUT2D eigenvalue weighted by molar-refractivity contribution is 7.19. The minimum Gasteiger partial charge on any atom is -0.494 e. The number of hydrogen-bond donors (Lipinski definition) is 1. The molecule has 2 aromatic heterocycles. The van der Waals surface area contributed by atoms with Gasteiger partial charge in [0.25, 0.3) is 0 Å². The fourth-order valence-electron chi connectivity index (χ4n) is 3.53. The van der Waals surface area contributed by atoms with E-state index in [2.05, 4.69) is 9.97 Å². The van der Waals surface area contributed by atoms with Gasteiger partial charge in [-0.15, -0.1) is 11.3 Å². The molecule has 1 aromatic carbocycles. The molecule has 0 saturated carbocycles. The van der Waals surface area contributed by atoms with Crippen LogP contribution >= 0.6 is 11.3 Å². The summed E-state index contributed by atoms with van der Waals surface area (Å²) in [5.41, 5.74) is 8.38. The molecule has 2 N–H and O–H groups in total. The number of carbonyl (C=O) groups is 1. The molecular weight excluding hydrogens is 374 g/mol. The van der Waals surface area contributed by atoms with Gasteiger partial charge in [0.15, 0.2) is 12.4 Å². The topological polar surface area (TPSA) is 87.3 Å². The monoisotopic (exact) mass is 397 g/mol. The van der Waals surface area contributed by atoms with Crippen molar-refractivity contribution in [1.82, 2.24) is 9.97 Å². The number of aryl methyl sites for hydroxylation is 2. The standard InChI is InChI=1S/C21H23N3O3S/c1-2-26-14-9-7-13(8-10-14)11-18(25)27-12-17-23-20(22)19-15-5-3-4-6-16(15)28-21(19)24-17/h7-10H,2-6,11-12H2,1H3,(H2,22,23,24). The van der Waals surface area contributed by atoms with E-state index in [1.807, 2.05) is 31.2 Å². The molecule has 2 heterocycles. The van der Waals surface area contributed by atoms with Gasteiger partial charge in [-0.1, -0.05) is 12.1 Å². The second-order valence-electron chi connectivity index (χ2n) is 6.83. The molecule has 0 amide bonds. The number of nitrogens with two attached hydrogens (primary N) is 1. The fourth-order valence-corrected chi connectivity index (χ4v) is 4.82. The summed E-state index contributed by atoms with van der Waals surface area (Å²) in [5, 5.41) is 0.990. The molecule has 4 rings (SSSR count). The average Bonchev–Trinajstić information content (AvgIpc) is 3.07. The van der Waals surface area contributed by atoms with Gasteiger partial charge in [-0.3, -0.25) is 4.79 Å². The summed E-state index contributed by atoms with van der Waals surface area (Å²) in [5.74, 6) is 1.40. The lowest BCUT2D eigenvalue weighted by Crippen LogP contribution is -2.10. The van der Waals surface area contributed by atoms with Crippen LogP contribution in [-0.2, 0) is 35.4 Å². The number of benzene rings is 1. The maximum Gasteiger partial charge on any atom is 0.310 e. The number of ether oxygens (including phenoxy) is 2. The molecule has 0 spiro atoms. The first-order valence-corrected chi connectivity index (χ1v) is 10.4. The fraction of sp³-hybridized carbons (Fsp3) is 0.381. The highest BCUT2D eigenvalue weighted by Crippen LogP contribution is 2.37. The first-order chi connectivity index (χ1) is 13.6. The van der Waals surface area contributed by atoms with E-state index in [-0.39, 0.29) is 19.0 Å². The van der Waals surface area contributed by atoms with E-state index in [9.17, 15) is 4.79 Å². The SMILES string of the molecule is CCOc1ccc(CC(=O)OCc2nc(N)c3c4c(sc3n2)CCCC4)cc1. The Labute approximate surface area is 167 Å². The maximum absolute atomic E-state index is 12.2. The summed E-state index contributed by atoms with van der Waals surface area (Å²) < 4.78 is 10.8. The normalized spacial score (nSPS) is 13.3. The van der Waals surface area contributed by atoms with Gasteiger partial charge in [0.05, 0.1) is 18.4 Å². The maximum atomic E-state index is 12.2. The van der Waals surface area contributed by atoms with Gasteiger partial charge in [-0.25, -0.2) is 9.97 Å². The van der Waals surface area contributed by atoms with Crippen LogP contribution in [0.5, 0.6) is 5.75 Å². The number of carbonyl (C=O) groups excluding carboxylic acids is 1. The summed E-state index contributed by atoms with van der Waals surface area (Å²) in [4.78, 5) is 23.4. The van der Waals surface area contributed by atoms with Crippen molar-refractivity contribution >= 4 is 33.3 Å². The summed E-state index contributed by atoms with van der Waals surface area (Å²) >= 11 is 1.69. The minimum atomic E-state index is -0.322. The van der Waals surface area contributed by atoms with Crippen LogP contribution in [0.1, 0.15) is 41.6 Å². The van der Waals surface area contributed by atoms with Gasteiger partial charge < -0.3 is 15.2 Å². The molecular formula is C21H23N3O3S. The lowest BCUT2D eigenvalue weighted by Gasteiger charge is -2.11. The van der Waals surface area contributed by atoms with Gasteiger partial charge in [0.1, 0.15) is 16.4 Å². The van der Waals surface area contributed by atoms with Crippen molar-refractivity contribution in [3.63, 3.8) is 0 Å². The van der Waals surface area contributed by atoms with Crippen LogP contribution in [0.25, 0.3) is 10.2 Å². The second-order valence-corrected chi connectivity index (χ2v) is 7.91. The summed E-state index contributed by atoms with van der Waals surface area (Å²) in [6.07, 6.45) is 4.71. The van der Waals surface area contributed by atoms with Gasteiger partial charge in [0, 0.05) is 4.88 Å². The number of thiophene rings is 1. The number of anilines is 1. The largest absolute Gasteiger partial charge is 0.494 e. The molecule has 0 bridgehead atoms. The molecule has 0 fully saturated rings. The van der Waals surface area contributed by atoms with Crippen LogP contribution in [0.15, 0.2) is 24.3 Å². The molecule has 0 saturated heterocycles. The molecule has 3 aromatic rings. The van der Waals surface area contributed by atoms with Crippen molar-refractivity contribution in [3.05, 3.63) is 46.1 Å². The van der Waals surface area contributed by atoms with Crippen LogP contribution < -0.4 is 10.5 Å². The minimum absolute atomic E-state index is 0.0264. The van der Waals surface area contributed by atoms with E-state index in [1.54, 1.807) is 11.3 Å². The Hall–Kier alpha value is -2.67. The second kappa shape index (κ2) is 8.14. The number of aromatic nitrogens is 2. The Morgan fingerprint density at radius 3 is 2.75 bits per heavy atom. The van der Waals surface area contributed by atoms with Gasteiger partial charge in [-0.05, 0) is 55.9 Å². The molecule has 0 aliphatic heterocycles. The molecule has 0 radical (unpaired) electrons. The van der Waals surface area contributed by atoms with Gasteiger partial charge in [0.2, 0.25) is 0 Å². The number of nitrogen functional groups attached to an aromatic ring is 1. The molecule has 28 heavy (non-hydrogen) atoms. The molecule has 6 nitrogen and oxygen atoms in total. The van der Waals surface area contributed by atoms with Crippen molar-refractivity contribution in [1.29, 1.82) is 0 Å². The van der Waals surface area contributed by atoms with Crippen LogP contribution in [-0.4, -0.2) is 22.5 Å². The average molecular weight is 398 g/mol. The molecule has 146 valence electrons. The van der Waals surface area contributed by atoms with E-state index in [0.29, 0.717) is 18.2 Å². The number of nitrogens with zero attached hydrogens (tertiary/aromatic N) is 2. The van der Waals surface area contributed by atoms with Crippen molar-refractivity contribution in [2.45, 2.75) is 45.6 Å². The first-order valence-electron chi connectivity index (χ1n) is 9.58. The first kappa shape index (κ1) is 18.7. The Bertz CT molecular complexity index is 998. The Balaban J connectivity index is 1.41. The molecule has 1 aliphatic carbocycles. The quantitative estimate of drug-likeness (QED) is 0.636. The van der Waals surface area contributed by atoms with Crippen molar-refractivity contribution < 1.29 is 14.3 Å². The number of fused-ring (bicyclic) bond motifs is 3. The van der Waals surface area contributed by atoms with Gasteiger partial charge >= 0.3 is 5.97 Å². The van der Waals surface area contributed by atoms with Crippen LogP contribution in [0, 0.1) is 0 Å². The molecule has 0 atom stereocenters. The van der Waals surface area contributed by atoms with E-state index in [4.69, 9.17) is 15.2 Å². The summed E-state index contributed by atoms with van der Waals surface area (Å²) in [7, 11) is 0. The summed E-state index contributed by atoms with van der Waals surface area (Å²) in [6, 6.07) is 7.43. The predicted octanol–water partition coefficient (Wildman–Crippen LogP) is 3.84. The molecule has 7 heteroatoms. The van der Waals surface area contributed by atoms with E-state index >= 15 is 0 Å². The van der Waals surface area contributed by atoms with E-state index < -0.39 is 0 Å². The third-order valence-corrected chi connectivity index (χ3v) is 6.02. The van der Waals surface area contributed by atoms with Crippen molar-refractivity contribution in [2.24, 2.45) is 0 Å². The van der Waals surface area contributed by atoms with Crippen LogP contribution in [0.3, 0.4) is 0 Å². The zero-order chi connectivity index (χ0) is 19.5. The Kier molecular flexibility index (Phi) is 5.43. The highest BCUT2D eigenvalue weighted by atomic mass is 32.1. The molecule has 0 unspecified atom stereocenters. The smallest absolute Gasteiger partial charge is 0.310 e. The molecule has 1 aliphatic rings. The lowest BCUT2D eigenvalue weighted by molar-refractivity contribution is -0.144. The van der Waals surface area contributed by atoms with E-state index in [1.165, 1.54) is 23.3 Å². The van der Waals surface area contributed by atoms with E-state index in [0.717, 1.165) is 34.4 Å². The number of rotatable bonds is 6. The zero-order valence-electron chi connectivity index (χ0n) is 15.9. The third kappa shape index (κ3) is 3.94. The predicted molar refractivity (Wildman–Crippen MR) is 110 cm³/mol. The zero-order valence-corrected chi connectivity index (χ0v) is 16.7. The van der Waals surface area contributed by atoms with Crippen molar-refractivity contribution in [3.8, 4) is 5.75 Å².